The number of hydrogen-bond acceptors (Lipinski definition) is 1. The van der Waals surface area contributed by atoms with Crippen molar-refractivity contribution in [1.82, 2.24) is 0 Å². The Kier molecular flexibility index (Phi) is 19.9. The molecule has 23 valence electrons. The first-order valence-electron chi connectivity index (χ1n) is 1.02. The maximum absolute atomic E-state index is 7.57. The van der Waals surface area contributed by atoms with Crippen molar-refractivity contribution in [2.75, 3.05) is 6.61 Å². The molecule has 0 amide bonds. The van der Waals surface area contributed by atoms with E-state index in [0.29, 0.717) is 0 Å². The van der Waals surface area contributed by atoms with Crippen LogP contribution in [-0.2, 0) is 0 Å². The van der Waals surface area contributed by atoms with Crippen LogP contribution in [0.4, 0.5) is 0 Å². The first-order chi connectivity index (χ1) is 1.41. The van der Waals surface area contributed by atoms with Crippen LogP contribution in [0.1, 0.15) is 6.92 Å². The summed E-state index contributed by atoms with van der Waals surface area (Å²) in [5, 5.41) is 7.57. The minimum Gasteiger partial charge on any atom is -0.397 e. The second kappa shape index (κ2) is 8.91. The van der Waals surface area contributed by atoms with Crippen LogP contribution in [0.2, 0.25) is 0 Å². The minimum absolute atomic E-state index is 0. The monoisotopic (exact) mass is 185 g/mol. The van der Waals surface area contributed by atoms with E-state index in [9.17, 15) is 0 Å². The average molecular weight is 185 g/mol. The van der Waals surface area contributed by atoms with Crippen molar-refractivity contribution in [3.05, 3.63) is 0 Å². The van der Waals surface area contributed by atoms with Crippen LogP contribution >= 0.6 is 0 Å². The van der Waals surface area contributed by atoms with Gasteiger partial charge in [0.2, 0.25) is 0 Å². The standard InChI is InChI=1S/C2H6O.La/c1-2-3;/h3H,2H2,1H3;. The molecule has 0 aliphatic carbocycles. The van der Waals surface area contributed by atoms with Crippen LogP contribution in [-0.4, -0.2) is 11.7 Å². The molecular formula is C2H6LaO. The molecule has 1 nitrogen and oxygen atoms in total. The third-order valence-corrected chi connectivity index (χ3v) is 0. The summed E-state index contributed by atoms with van der Waals surface area (Å²) in [7, 11) is 0. The molecule has 1 N–H and O–H groups in total. The zero-order valence-corrected chi connectivity index (χ0v) is 6.36. The number of aliphatic hydroxyl groups is 1. The van der Waals surface area contributed by atoms with E-state index >= 15 is 0 Å². The Labute approximate surface area is 54.0 Å². The Morgan fingerprint density at radius 2 is 1.75 bits per heavy atom. The predicted molar refractivity (Wildman–Crippen MR) is 12.8 cm³/mol. The van der Waals surface area contributed by atoms with Gasteiger partial charge >= 0.3 is 0 Å². The molecule has 0 heterocycles. The van der Waals surface area contributed by atoms with Gasteiger partial charge in [-0.05, 0) is 6.92 Å². The zero-order chi connectivity index (χ0) is 2.71. The Bertz CT molecular complexity index is 6.00. The Morgan fingerprint density at radius 1 is 1.75 bits per heavy atom. The van der Waals surface area contributed by atoms with E-state index in [1.807, 2.05) is 0 Å². The van der Waals surface area contributed by atoms with Crippen LogP contribution in [0, 0.1) is 35.6 Å². The molecule has 0 spiro atoms. The van der Waals surface area contributed by atoms with Gasteiger partial charge in [0, 0.05) is 42.2 Å². The first kappa shape index (κ1) is 8.94. The summed E-state index contributed by atoms with van der Waals surface area (Å²) in [6, 6.07) is 0. The molecule has 0 aromatic heterocycles. The normalized spacial score (nSPS) is 4.50. The van der Waals surface area contributed by atoms with Gasteiger partial charge in [0.05, 0.1) is 0 Å². The van der Waals surface area contributed by atoms with Gasteiger partial charge in [-0.2, -0.15) is 0 Å². The van der Waals surface area contributed by atoms with Gasteiger partial charge in [0.1, 0.15) is 0 Å². The molecule has 2 heteroatoms. The summed E-state index contributed by atoms with van der Waals surface area (Å²) < 4.78 is 0. The van der Waals surface area contributed by atoms with Gasteiger partial charge in [-0.15, -0.1) is 0 Å². The fourth-order valence-electron chi connectivity index (χ4n) is 0. The van der Waals surface area contributed by atoms with Crippen LogP contribution in [0.3, 0.4) is 0 Å². The molecule has 0 bridgehead atoms. The molecule has 0 saturated heterocycles. The van der Waals surface area contributed by atoms with Crippen molar-refractivity contribution in [2.24, 2.45) is 0 Å². The SMILES string of the molecule is CCO.[La]. The minimum atomic E-state index is 0. The van der Waals surface area contributed by atoms with Crippen LogP contribution in [0.25, 0.3) is 0 Å². The molecule has 0 atom stereocenters. The molecule has 0 aromatic carbocycles. The van der Waals surface area contributed by atoms with Crippen molar-refractivity contribution in [3.8, 4) is 0 Å². The van der Waals surface area contributed by atoms with Crippen molar-refractivity contribution in [3.63, 3.8) is 0 Å². The molecule has 0 saturated carbocycles. The Balaban J connectivity index is 0. The topological polar surface area (TPSA) is 20.2 Å². The fraction of sp³-hybridized carbons (Fsp3) is 1.00. The third kappa shape index (κ3) is 11.0. The molecule has 0 fully saturated rings. The fourth-order valence-corrected chi connectivity index (χ4v) is 0. The van der Waals surface area contributed by atoms with Crippen LogP contribution in [0.5, 0.6) is 0 Å². The van der Waals surface area contributed by atoms with E-state index in [2.05, 4.69) is 0 Å². The first-order valence-corrected chi connectivity index (χ1v) is 1.02. The van der Waals surface area contributed by atoms with E-state index in [1.54, 1.807) is 6.92 Å². The van der Waals surface area contributed by atoms with Crippen molar-refractivity contribution < 1.29 is 40.7 Å². The van der Waals surface area contributed by atoms with Gasteiger partial charge in [-0.3, -0.25) is 0 Å². The Morgan fingerprint density at radius 3 is 1.75 bits per heavy atom. The maximum Gasteiger partial charge on any atom is 0.0402 e. The molecule has 0 rings (SSSR count). The van der Waals surface area contributed by atoms with Gasteiger partial charge < -0.3 is 5.11 Å². The summed E-state index contributed by atoms with van der Waals surface area (Å²) in [6.07, 6.45) is 0. The summed E-state index contributed by atoms with van der Waals surface area (Å²) in [5.41, 5.74) is 0. The van der Waals surface area contributed by atoms with Gasteiger partial charge in [-0.1, -0.05) is 0 Å². The van der Waals surface area contributed by atoms with E-state index in [0.717, 1.165) is 0 Å². The van der Waals surface area contributed by atoms with E-state index in [4.69, 9.17) is 5.11 Å². The predicted octanol–water partition coefficient (Wildman–Crippen LogP) is -0.00140. The average Bonchev–Trinajstić information content (AvgIpc) is 0.918. The molecule has 0 unspecified atom stereocenters. The second-order valence-corrected chi connectivity index (χ2v) is 0.316. The van der Waals surface area contributed by atoms with Crippen LogP contribution in [0.15, 0.2) is 0 Å². The number of aliphatic hydroxyl groups excluding tert-OH is 1. The van der Waals surface area contributed by atoms with Gasteiger partial charge in [-0.25, -0.2) is 0 Å². The van der Waals surface area contributed by atoms with E-state index in [-0.39, 0.29) is 42.2 Å². The summed E-state index contributed by atoms with van der Waals surface area (Å²) in [4.78, 5) is 0. The van der Waals surface area contributed by atoms with Crippen molar-refractivity contribution >= 4 is 0 Å². The summed E-state index contributed by atoms with van der Waals surface area (Å²) in [6.45, 7) is 1.93. The van der Waals surface area contributed by atoms with Crippen molar-refractivity contribution in [2.45, 2.75) is 6.92 Å². The number of rotatable bonds is 0. The smallest absolute Gasteiger partial charge is 0.0402 e. The van der Waals surface area contributed by atoms with E-state index < -0.39 is 0 Å². The molecule has 1 radical (unpaired) electrons. The molecular weight excluding hydrogens is 179 g/mol. The largest absolute Gasteiger partial charge is 0.397 e. The number of hydrogen-bond donors (Lipinski definition) is 1. The molecule has 0 aliphatic rings. The maximum atomic E-state index is 7.57. The molecule has 4 heavy (non-hydrogen) atoms. The van der Waals surface area contributed by atoms with Gasteiger partial charge in [0.15, 0.2) is 0 Å². The molecule has 0 aliphatic heterocycles. The van der Waals surface area contributed by atoms with Gasteiger partial charge in [0.25, 0.3) is 0 Å². The van der Waals surface area contributed by atoms with Crippen LogP contribution < -0.4 is 0 Å². The quantitative estimate of drug-likeness (QED) is 0.563. The Hall–Kier alpha value is 1.15. The third-order valence-electron chi connectivity index (χ3n) is 0. The summed E-state index contributed by atoms with van der Waals surface area (Å²) in [5.74, 6) is 0. The second-order valence-electron chi connectivity index (χ2n) is 0.316. The molecule has 0 aromatic rings. The zero-order valence-electron chi connectivity index (χ0n) is 2.73. The summed E-state index contributed by atoms with van der Waals surface area (Å²) >= 11 is 0. The van der Waals surface area contributed by atoms with Crippen molar-refractivity contribution in [1.29, 1.82) is 0 Å². The van der Waals surface area contributed by atoms with E-state index in [1.165, 1.54) is 0 Å².